The molecule has 0 aliphatic heterocycles. The van der Waals surface area contributed by atoms with E-state index in [4.69, 9.17) is 4.42 Å². The number of aryl methyl sites for hydroxylation is 3. The first-order valence-electron chi connectivity index (χ1n) is 6.91. The molecule has 0 bridgehead atoms. The largest absolute Gasteiger partial charge is 0.507 e. The molecule has 118 valence electrons. The van der Waals surface area contributed by atoms with Crippen molar-refractivity contribution in [2.75, 3.05) is 0 Å². The molecule has 7 heteroatoms. The Kier molecular flexibility index (Phi) is 3.40. The quantitative estimate of drug-likeness (QED) is 0.728. The smallest absolute Gasteiger partial charge is 0.348 e. The topological polar surface area (TPSA) is 89.7 Å². The van der Waals surface area contributed by atoms with Crippen molar-refractivity contribution in [2.24, 2.45) is 19.1 Å². The van der Waals surface area contributed by atoms with E-state index in [1.165, 1.54) is 16.8 Å². The van der Waals surface area contributed by atoms with Gasteiger partial charge in [-0.15, -0.1) is 0 Å². The fourth-order valence-corrected chi connectivity index (χ4v) is 2.44. The molecule has 3 aromatic rings. The summed E-state index contributed by atoms with van der Waals surface area (Å²) in [5.41, 5.74) is 1.27. The minimum Gasteiger partial charge on any atom is -0.507 e. The third-order valence-corrected chi connectivity index (χ3v) is 3.69. The van der Waals surface area contributed by atoms with Crippen molar-refractivity contribution in [3.63, 3.8) is 0 Å². The van der Waals surface area contributed by atoms with Gasteiger partial charge in [-0.1, -0.05) is 0 Å². The van der Waals surface area contributed by atoms with Crippen LogP contribution in [0.4, 0.5) is 5.69 Å². The van der Waals surface area contributed by atoms with Crippen molar-refractivity contribution in [2.45, 2.75) is 6.92 Å². The lowest BCUT2D eigenvalue weighted by molar-refractivity contribution is 0.433. The van der Waals surface area contributed by atoms with Crippen LogP contribution in [0.3, 0.4) is 0 Å². The Labute approximate surface area is 130 Å². The lowest BCUT2D eigenvalue weighted by atomic mass is 10.2. The lowest BCUT2D eigenvalue weighted by Crippen LogP contribution is -2.19. The third kappa shape index (κ3) is 2.46. The van der Waals surface area contributed by atoms with Crippen LogP contribution in [0, 0.1) is 6.92 Å². The number of fused-ring (bicyclic) bond motifs is 1. The second kappa shape index (κ2) is 5.28. The summed E-state index contributed by atoms with van der Waals surface area (Å²) in [6.07, 6.45) is 1.25. The number of aromatic nitrogens is 2. The minimum absolute atomic E-state index is 0.0161. The molecule has 3 rings (SSSR count). The second-order valence-corrected chi connectivity index (χ2v) is 5.28. The van der Waals surface area contributed by atoms with Gasteiger partial charge in [0.25, 0.3) is 0 Å². The van der Waals surface area contributed by atoms with Gasteiger partial charge in [-0.2, -0.15) is 0 Å². The number of rotatable bonds is 2. The maximum absolute atomic E-state index is 11.9. The van der Waals surface area contributed by atoms with E-state index < -0.39 is 5.63 Å². The molecule has 0 saturated carbocycles. The van der Waals surface area contributed by atoms with Gasteiger partial charge in [0.1, 0.15) is 17.1 Å². The Morgan fingerprint density at radius 1 is 1.13 bits per heavy atom. The van der Waals surface area contributed by atoms with Gasteiger partial charge in [0.05, 0.1) is 16.7 Å². The summed E-state index contributed by atoms with van der Waals surface area (Å²) in [4.78, 5) is 27.8. The Morgan fingerprint density at radius 3 is 2.52 bits per heavy atom. The van der Waals surface area contributed by atoms with E-state index in [-0.39, 0.29) is 17.0 Å². The first-order chi connectivity index (χ1) is 10.9. The van der Waals surface area contributed by atoms with Crippen molar-refractivity contribution in [3.05, 3.63) is 56.5 Å². The zero-order valence-electron chi connectivity index (χ0n) is 12.9. The molecule has 2 heterocycles. The van der Waals surface area contributed by atoms with Crippen molar-refractivity contribution < 1.29 is 9.52 Å². The van der Waals surface area contributed by atoms with Crippen molar-refractivity contribution >= 4 is 22.9 Å². The molecule has 1 aromatic carbocycles. The maximum Gasteiger partial charge on any atom is 0.348 e. The highest BCUT2D eigenvalue weighted by molar-refractivity contribution is 5.86. The predicted octanol–water partition coefficient (Wildman–Crippen LogP) is 1.59. The zero-order chi connectivity index (χ0) is 16.7. The Balaban J connectivity index is 2.07. The van der Waals surface area contributed by atoms with Crippen LogP contribution < -0.4 is 11.3 Å². The maximum atomic E-state index is 11.9. The Morgan fingerprint density at radius 2 is 1.83 bits per heavy atom. The van der Waals surface area contributed by atoms with Crippen molar-refractivity contribution in [1.82, 2.24) is 9.13 Å². The normalized spacial score (nSPS) is 11.6. The van der Waals surface area contributed by atoms with Gasteiger partial charge in [0.2, 0.25) is 0 Å². The molecule has 7 nitrogen and oxygen atoms in total. The number of nitrogens with zero attached hydrogens (tertiary/aromatic N) is 3. The van der Waals surface area contributed by atoms with E-state index >= 15 is 0 Å². The third-order valence-electron chi connectivity index (χ3n) is 3.69. The standard InChI is InChI=1S/C16H15N3O4/c1-9-6-14(20)11(15(21)23-9)8-17-10-4-5-12-13(7-10)19(3)16(22)18(12)2/h4-8,20H,1-3H3. The number of imidazole rings is 1. The molecule has 1 N–H and O–H groups in total. The Hall–Kier alpha value is -3.09. The molecular formula is C16H15N3O4. The van der Waals surface area contributed by atoms with Gasteiger partial charge >= 0.3 is 11.3 Å². The molecule has 23 heavy (non-hydrogen) atoms. The molecule has 0 spiro atoms. The predicted molar refractivity (Wildman–Crippen MR) is 86.8 cm³/mol. The van der Waals surface area contributed by atoms with E-state index in [1.807, 2.05) is 0 Å². The van der Waals surface area contributed by atoms with Crippen LogP contribution in [0.2, 0.25) is 0 Å². The van der Waals surface area contributed by atoms with Gasteiger partial charge in [0, 0.05) is 26.4 Å². The highest BCUT2D eigenvalue weighted by Gasteiger charge is 2.09. The first-order valence-corrected chi connectivity index (χ1v) is 6.91. The summed E-state index contributed by atoms with van der Waals surface area (Å²) < 4.78 is 8.00. The van der Waals surface area contributed by atoms with Crippen LogP contribution in [0.5, 0.6) is 5.75 Å². The Bertz CT molecular complexity index is 1050. The molecule has 0 aliphatic carbocycles. The zero-order valence-corrected chi connectivity index (χ0v) is 12.9. The molecule has 0 saturated heterocycles. The molecule has 2 aromatic heterocycles. The summed E-state index contributed by atoms with van der Waals surface area (Å²) in [5, 5.41) is 9.81. The van der Waals surface area contributed by atoms with Crippen LogP contribution in [-0.2, 0) is 14.1 Å². The number of benzene rings is 1. The van der Waals surface area contributed by atoms with Crippen molar-refractivity contribution in [1.29, 1.82) is 0 Å². The fraction of sp³-hybridized carbons (Fsp3) is 0.188. The van der Waals surface area contributed by atoms with Gasteiger partial charge in [0.15, 0.2) is 0 Å². The molecule has 0 fully saturated rings. The molecule has 0 radical (unpaired) electrons. The van der Waals surface area contributed by atoms with Crippen LogP contribution in [0.15, 0.2) is 43.3 Å². The van der Waals surface area contributed by atoms with Crippen LogP contribution >= 0.6 is 0 Å². The summed E-state index contributed by atoms with van der Waals surface area (Å²) in [5.74, 6) is 0.140. The summed E-state index contributed by atoms with van der Waals surface area (Å²) in [6, 6.07) is 6.60. The van der Waals surface area contributed by atoms with Crippen LogP contribution in [0.25, 0.3) is 11.0 Å². The van der Waals surface area contributed by atoms with E-state index in [1.54, 1.807) is 43.8 Å². The highest BCUT2D eigenvalue weighted by Crippen LogP contribution is 2.20. The highest BCUT2D eigenvalue weighted by atomic mass is 16.4. The van der Waals surface area contributed by atoms with E-state index in [2.05, 4.69) is 4.99 Å². The van der Waals surface area contributed by atoms with Crippen LogP contribution in [-0.4, -0.2) is 20.5 Å². The SMILES string of the molecule is Cc1cc(O)c(C=Nc2ccc3c(c2)n(C)c(=O)n3C)c(=O)o1. The van der Waals surface area contributed by atoms with Crippen molar-refractivity contribution in [3.8, 4) is 5.75 Å². The average molecular weight is 313 g/mol. The number of aliphatic imine (C=N–C) groups is 1. The van der Waals surface area contributed by atoms with E-state index in [0.717, 1.165) is 11.0 Å². The van der Waals surface area contributed by atoms with Gasteiger partial charge in [-0.3, -0.25) is 14.1 Å². The number of aromatic hydroxyl groups is 1. The van der Waals surface area contributed by atoms with Gasteiger partial charge in [-0.25, -0.2) is 9.59 Å². The first kappa shape index (κ1) is 14.8. The average Bonchev–Trinajstić information content (AvgIpc) is 2.71. The van der Waals surface area contributed by atoms with Gasteiger partial charge in [-0.05, 0) is 25.1 Å². The molecule has 0 unspecified atom stereocenters. The van der Waals surface area contributed by atoms with E-state index in [9.17, 15) is 14.7 Å². The summed E-state index contributed by atoms with van der Waals surface area (Å²) >= 11 is 0. The number of hydrogen-bond acceptors (Lipinski definition) is 5. The second-order valence-electron chi connectivity index (χ2n) is 5.28. The molecule has 0 aliphatic rings. The van der Waals surface area contributed by atoms with Crippen LogP contribution in [0.1, 0.15) is 11.3 Å². The van der Waals surface area contributed by atoms with Gasteiger partial charge < -0.3 is 9.52 Å². The molecule has 0 atom stereocenters. The lowest BCUT2D eigenvalue weighted by Gasteiger charge is -1.99. The monoisotopic (exact) mass is 313 g/mol. The summed E-state index contributed by atoms with van der Waals surface area (Å²) in [6.45, 7) is 1.58. The molecular weight excluding hydrogens is 298 g/mol. The fourth-order valence-electron chi connectivity index (χ4n) is 2.44. The molecule has 0 amide bonds. The number of hydrogen-bond donors (Lipinski definition) is 1. The summed E-state index contributed by atoms with van der Waals surface area (Å²) in [7, 11) is 3.38. The minimum atomic E-state index is -0.653. The van der Waals surface area contributed by atoms with E-state index in [0.29, 0.717) is 11.4 Å².